The van der Waals surface area contributed by atoms with Crippen molar-refractivity contribution in [3.05, 3.63) is 47.7 Å². The molecule has 6 heterocycles. The molecule has 4 aromatic rings. The number of benzene rings is 2. The average molecular weight is 584 g/mol. The van der Waals surface area contributed by atoms with Gasteiger partial charge in [-0.2, -0.15) is 9.97 Å². The van der Waals surface area contributed by atoms with Gasteiger partial charge >= 0.3 is 6.01 Å². The van der Waals surface area contributed by atoms with E-state index in [1.807, 2.05) is 0 Å². The highest BCUT2D eigenvalue weighted by Crippen LogP contribution is 2.41. The van der Waals surface area contributed by atoms with E-state index < -0.39 is 11.6 Å². The number of morpholine rings is 1. The fourth-order valence-electron chi connectivity index (χ4n) is 7.72. The first-order valence-corrected chi connectivity index (χ1v) is 15.0. The van der Waals surface area contributed by atoms with E-state index in [0.29, 0.717) is 41.7 Å². The summed E-state index contributed by atoms with van der Waals surface area (Å²) >= 11 is 0. The van der Waals surface area contributed by atoms with Crippen LogP contribution in [0, 0.1) is 24.0 Å². The molecule has 4 aliphatic rings. The molecule has 2 aromatic carbocycles. The van der Waals surface area contributed by atoms with Gasteiger partial charge in [-0.3, -0.25) is 9.88 Å². The second-order valence-electron chi connectivity index (χ2n) is 12.2. The molecule has 0 radical (unpaired) electrons. The molecule has 0 saturated carbocycles. The number of hydrogen-bond donors (Lipinski definition) is 1. The predicted octanol–water partition coefficient (Wildman–Crippen LogP) is 5.18. The second-order valence-corrected chi connectivity index (χ2v) is 12.2. The second kappa shape index (κ2) is 10.00. The van der Waals surface area contributed by atoms with Gasteiger partial charge < -0.3 is 19.5 Å². The smallest absolute Gasteiger partial charge is 0.319 e. The van der Waals surface area contributed by atoms with Crippen LogP contribution in [0.1, 0.15) is 44.1 Å². The van der Waals surface area contributed by atoms with Crippen LogP contribution >= 0.6 is 0 Å². The van der Waals surface area contributed by atoms with Crippen LogP contribution in [0.25, 0.3) is 32.9 Å². The van der Waals surface area contributed by atoms with Crippen molar-refractivity contribution in [1.29, 1.82) is 0 Å². The quantitative estimate of drug-likeness (QED) is 0.322. The molecule has 0 aliphatic carbocycles. The zero-order chi connectivity index (χ0) is 29.3. The molecule has 2 bridgehead atoms. The summed E-state index contributed by atoms with van der Waals surface area (Å²) in [4.78, 5) is 18.6. The van der Waals surface area contributed by atoms with Gasteiger partial charge in [0.25, 0.3) is 0 Å². The topological polar surface area (TPSA) is 83.8 Å². The average Bonchev–Trinajstić information content (AvgIpc) is 3.69. The molecule has 10 heteroatoms. The van der Waals surface area contributed by atoms with Crippen molar-refractivity contribution in [2.45, 2.75) is 56.3 Å². The lowest BCUT2D eigenvalue weighted by molar-refractivity contribution is 0.0302. The van der Waals surface area contributed by atoms with Crippen LogP contribution in [0.2, 0.25) is 0 Å². The third-order valence-electron chi connectivity index (χ3n) is 9.72. The van der Waals surface area contributed by atoms with E-state index in [4.69, 9.17) is 20.9 Å². The predicted molar refractivity (Wildman–Crippen MR) is 158 cm³/mol. The molecule has 8 nitrogen and oxygen atoms in total. The van der Waals surface area contributed by atoms with E-state index >= 15 is 4.39 Å². The molecule has 0 amide bonds. The molecule has 0 spiro atoms. The number of nitrogens with zero attached hydrogens (tertiary/aromatic N) is 5. The Morgan fingerprint density at radius 1 is 1.09 bits per heavy atom. The lowest BCUT2D eigenvalue weighted by Gasteiger charge is -2.34. The van der Waals surface area contributed by atoms with E-state index in [2.05, 4.69) is 25.7 Å². The van der Waals surface area contributed by atoms with E-state index in [-0.39, 0.29) is 51.8 Å². The van der Waals surface area contributed by atoms with Crippen LogP contribution in [-0.4, -0.2) is 75.5 Å². The normalized spacial score (nSPS) is 22.8. The molecule has 43 heavy (non-hydrogen) atoms. The van der Waals surface area contributed by atoms with Gasteiger partial charge in [0.1, 0.15) is 35.2 Å². The summed E-state index contributed by atoms with van der Waals surface area (Å²) in [6.45, 7) is 3.82. The summed E-state index contributed by atoms with van der Waals surface area (Å²) in [6.07, 6.45) is 13.7. The minimum Gasteiger partial charge on any atom is -0.508 e. The number of terminal acetylenes is 1. The lowest BCUT2D eigenvalue weighted by Crippen LogP contribution is -2.44. The molecule has 1 N–H and O–H groups in total. The Morgan fingerprint density at radius 2 is 1.86 bits per heavy atom. The lowest BCUT2D eigenvalue weighted by atomic mass is 9.95. The van der Waals surface area contributed by atoms with Crippen LogP contribution in [0.5, 0.6) is 11.8 Å². The largest absolute Gasteiger partial charge is 0.508 e. The Bertz CT molecular complexity index is 1800. The number of aromatic nitrogens is 3. The molecule has 4 fully saturated rings. The van der Waals surface area contributed by atoms with E-state index in [1.54, 1.807) is 6.20 Å². The van der Waals surface area contributed by atoms with Crippen molar-refractivity contribution in [3.8, 4) is 35.4 Å². The van der Waals surface area contributed by atoms with Crippen LogP contribution < -0.4 is 9.64 Å². The highest BCUT2D eigenvalue weighted by molar-refractivity contribution is 6.03. The van der Waals surface area contributed by atoms with Crippen LogP contribution in [0.4, 0.5) is 14.6 Å². The van der Waals surface area contributed by atoms with Gasteiger partial charge in [-0.25, -0.2) is 8.78 Å². The first kappa shape index (κ1) is 26.5. The molecule has 8 rings (SSSR count). The third-order valence-corrected chi connectivity index (χ3v) is 9.72. The first-order chi connectivity index (χ1) is 20.9. The number of phenolic OH excluding ortho intramolecular Hbond substituents is 1. The maximum Gasteiger partial charge on any atom is 0.319 e. The maximum absolute atomic E-state index is 16.7. The summed E-state index contributed by atoms with van der Waals surface area (Å²) in [5.41, 5.74) is 0.0762. The van der Waals surface area contributed by atoms with E-state index in [1.165, 1.54) is 24.3 Å². The molecule has 2 atom stereocenters. The number of pyridine rings is 1. The van der Waals surface area contributed by atoms with Crippen LogP contribution in [-0.2, 0) is 4.74 Å². The molecule has 220 valence electrons. The Balaban J connectivity index is 1.28. The monoisotopic (exact) mass is 583 g/mol. The number of anilines is 1. The van der Waals surface area contributed by atoms with Gasteiger partial charge in [-0.15, -0.1) is 6.42 Å². The van der Waals surface area contributed by atoms with Gasteiger partial charge in [0.05, 0.1) is 28.7 Å². The van der Waals surface area contributed by atoms with Crippen molar-refractivity contribution in [2.75, 3.05) is 37.7 Å². The molecule has 2 aromatic heterocycles. The van der Waals surface area contributed by atoms with Crippen molar-refractivity contribution in [2.24, 2.45) is 0 Å². The first-order valence-electron chi connectivity index (χ1n) is 15.0. The van der Waals surface area contributed by atoms with Gasteiger partial charge in [0, 0.05) is 30.2 Å². The zero-order valence-corrected chi connectivity index (χ0v) is 23.7. The SMILES string of the molecule is C#Cc1c(F)ccc2cc(O)cc(-c3ncc4c(N5CC6CCC(C5)O6)nc(OCC56CCCN5CCC6)nc4c3F)c12. The van der Waals surface area contributed by atoms with Crippen molar-refractivity contribution < 1.29 is 23.4 Å². The van der Waals surface area contributed by atoms with Gasteiger partial charge in [-0.05, 0) is 75.2 Å². The summed E-state index contributed by atoms with van der Waals surface area (Å²) in [5.74, 6) is 1.49. The Hall–Kier alpha value is -4.07. The molecule has 4 saturated heterocycles. The van der Waals surface area contributed by atoms with Gasteiger partial charge in [0.15, 0.2) is 5.82 Å². The molecule has 4 aliphatic heterocycles. The number of aromatic hydroxyl groups is 1. The number of ether oxygens (including phenoxy) is 2. The highest BCUT2D eigenvalue weighted by Gasteiger charge is 2.45. The van der Waals surface area contributed by atoms with Crippen molar-refractivity contribution in [1.82, 2.24) is 19.9 Å². The number of fused-ring (bicyclic) bond motifs is 5. The number of hydrogen-bond acceptors (Lipinski definition) is 8. The summed E-state index contributed by atoms with van der Waals surface area (Å²) < 4.78 is 43.9. The van der Waals surface area contributed by atoms with Crippen LogP contribution in [0.3, 0.4) is 0 Å². The Morgan fingerprint density at radius 3 is 2.60 bits per heavy atom. The summed E-state index contributed by atoms with van der Waals surface area (Å²) in [7, 11) is 0. The molecular weight excluding hydrogens is 552 g/mol. The molecule has 2 unspecified atom stereocenters. The maximum atomic E-state index is 16.7. The minimum absolute atomic E-state index is 0.0260. The number of halogens is 2. The Labute approximate surface area is 247 Å². The fraction of sp³-hybridized carbons (Fsp3) is 0.424. The Kier molecular flexibility index (Phi) is 6.17. The van der Waals surface area contributed by atoms with Crippen LogP contribution in [0.15, 0.2) is 30.5 Å². The third kappa shape index (κ3) is 4.28. The van der Waals surface area contributed by atoms with Crippen molar-refractivity contribution in [3.63, 3.8) is 0 Å². The van der Waals surface area contributed by atoms with E-state index in [0.717, 1.165) is 51.6 Å². The summed E-state index contributed by atoms with van der Waals surface area (Å²) in [5, 5.41) is 11.7. The minimum atomic E-state index is -0.720. The highest BCUT2D eigenvalue weighted by atomic mass is 19.1. The molecular formula is C33H31F2N5O3. The number of rotatable bonds is 5. The fourth-order valence-corrected chi connectivity index (χ4v) is 7.72. The van der Waals surface area contributed by atoms with Gasteiger partial charge in [0.2, 0.25) is 0 Å². The zero-order valence-electron chi connectivity index (χ0n) is 23.7. The van der Waals surface area contributed by atoms with Crippen molar-refractivity contribution >= 4 is 27.5 Å². The number of phenols is 1. The van der Waals surface area contributed by atoms with E-state index in [9.17, 15) is 9.50 Å². The summed E-state index contributed by atoms with van der Waals surface area (Å²) in [6, 6.07) is 5.67. The van der Waals surface area contributed by atoms with Gasteiger partial charge in [-0.1, -0.05) is 12.0 Å². The standard InChI is InChI=1S/C33H31F2N5O3/c1-2-23-26(34)8-5-19-13-20(41)14-24(27(19)23)29-28(35)30-25(15-36-29)31(39-16-21-6-7-22(17-39)43-21)38-32(37-30)42-18-33-9-3-11-40(33)12-4-10-33/h1,5,8,13-15,21-22,41H,3-4,6-7,9-12,16-18H2.